The van der Waals surface area contributed by atoms with E-state index < -0.39 is 12.6 Å². The van der Waals surface area contributed by atoms with E-state index in [1.165, 1.54) is 6.07 Å². The first-order chi connectivity index (χ1) is 9.10. The second kappa shape index (κ2) is 8.09. The fourth-order valence-corrected chi connectivity index (χ4v) is 1.95. The summed E-state index contributed by atoms with van der Waals surface area (Å²) >= 11 is 3.29. The number of halogens is 3. The summed E-state index contributed by atoms with van der Waals surface area (Å²) in [5.41, 5.74) is 0.738. The Morgan fingerprint density at radius 3 is 2.74 bits per heavy atom. The van der Waals surface area contributed by atoms with Crippen LogP contribution in [0.2, 0.25) is 0 Å². The topological polar surface area (TPSA) is 35.5 Å². The summed E-state index contributed by atoms with van der Waals surface area (Å²) < 4.78 is 34.0. The molecule has 0 fully saturated rings. The zero-order valence-corrected chi connectivity index (χ0v) is 12.1. The largest absolute Gasteiger partial charge is 0.462 e. The summed E-state index contributed by atoms with van der Waals surface area (Å²) in [7, 11) is 0. The molecule has 0 N–H and O–H groups in total. The highest BCUT2D eigenvalue weighted by Crippen LogP contribution is 2.26. The molecule has 1 aromatic carbocycles. The van der Waals surface area contributed by atoms with Gasteiger partial charge in [-0.3, -0.25) is 0 Å². The van der Waals surface area contributed by atoms with Gasteiger partial charge in [0.25, 0.3) is 0 Å². The molecule has 0 radical (unpaired) electrons. The molecular weight excluding hydrogens is 322 g/mol. The normalized spacial score (nSPS) is 10.6. The van der Waals surface area contributed by atoms with Crippen molar-refractivity contribution in [2.75, 3.05) is 11.9 Å². The van der Waals surface area contributed by atoms with Gasteiger partial charge >= 0.3 is 12.6 Å². The fourth-order valence-electron chi connectivity index (χ4n) is 1.67. The minimum Gasteiger partial charge on any atom is -0.462 e. The molecule has 0 aliphatic heterocycles. The van der Waals surface area contributed by atoms with Crippen LogP contribution in [0.25, 0.3) is 0 Å². The minimum atomic E-state index is -2.97. The Labute approximate surface area is 119 Å². The van der Waals surface area contributed by atoms with Crippen molar-refractivity contribution in [3.63, 3.8) is 0 Å². The number of rotatable bonds is 7. The monoisotopic (exact) mass is 336 g/mol. The summed E-state index contributed by atoms with van der Waals surface area (Å²) in [4.78, 5) is 11.9. The molecule has 106 valence electrons. The SMILES string of the molecule is CCOC(=O)c1c(CCCBr)cccc1OC(F)F. The van der Waals surface area contributed by atoms with E-state index in [2.05, 4.69) is 20.7 Å². The molecule has 0 heterocycles. The highest BCUT2D eigenvalue weighted by atomic mass is 79.9. The molecular formula is C13H15BrF2O3. The van der Waals surface area contributed by atoms with Crippen LogP contribution in [0.15, 0.2) is 18.2 Å². The van der Waals surface area contributed by atoms with Crippen LogP contribution in [0, 0.1) is 0 Å². The van der Waals surface area contributed by atoms with Gasteiger partial charge in [0.05, 0.1) is 6.61 Å². The first kappa shape index (κ1) is 15.9. The molecule has 1 rings (SSSR count). The van der Waals surface area contributed by atoms with Crippen LogP contribution in [0.4, 0.5) is 8.78 Å². The van der Waals surface area contributed by atoms with Crippen LogP contribution in [0.3, 0.4) is 0 Å². The molecule has 0 aromatic heterocycles. The Morgan fingerprint density at radius 2 is 2.16 bits per heavy atom. The van der Waals surface area contributed by atoms with E-state index in [1.807, 2.05) is 0 Å². The number of esters is 1. The highest BCUT2D eigenvalue weighted by molar-refractivity contribution is 9.09. The third-order valence-corrected chi connectivity index (χ3v) is 2.95. The van der Waals surface area contributed by atoms with Gasteiger partial charge in [0.15, 0.2) is 0 Å². The Kier molecular flexibility index (Phi) is 6.77. The Balaban J connectivity index is 3.11. The summed E-state index contributed by atoms with van der Waals surface area (Å²) in [5, 5.41) is 0.759. The van der Waals surface area contributed by atoms with E-state index in [1.54, 1.807) is 19.1 Å². The smallest absolute Gasteiger partial charge is 0.387 e. The number of ether oxygens (including phenoxy) is 2. The molecule has 0 aliphatic carbocycles. The van der Waals surface area contributed by atoms with Gasteiger partial charge in [-0.15, -0.1) is 0 Å². The van der Waals surface area contributed by atoms with Gasteiger partial charge in [-0.05, 0) is 31.4 Å². The molecule has 3 nitrogen and oxygen atoms in total. The maximum atomic E-state index is 12.4. The molecule has 0 spiro atoms. The van der Waals surface area contributed by atoms with Crippen molar-refractivity contribution in [2.45, 2.75) is 26.4 Å². The fraction of sp³-hybridized carbons (Fsp3) is 0.462. The average molecular weight is 337 g/mol. The number of carbonyl (C=O) groups is 1. The second-order valence-electron chi connectivity index (χ2n) is 3.68. The number of alkyl halides is 3. The Morgan fingerprint density at radius 1 is 1.42 bits per heavy atom. The van der Waals surface area contributed by atoms with Gasteiger partial charge in [0.2, 0.25) is 0 Å². The zero-order valence-electron chi connectivity index (χ0n) is 10.5. The molecule has 0 unspecified atom stereocenters. The van der Waals surface area contributed by atoms with Crippen LogP contribution in [0.1, 0.15) is 29.3 Å². The molecule has 0 aliphatic rings. The predicted molar refractivity (Wildman–Crippen MR) is 71.1 cm³/mol. The van der Waals surface area contributed by atoms with Crippen molar-refractivity contribution in [3.8, 4) is 5.75 Å². The zero-order chi connectivity index (χ0) is 14.3. The van der Waals surface area contributed by atoms with Crippen molar-refractivity contribution in [1.29, 1.82) is 0 Å². The third kappa shape index (κ3) is 4.78. The van der Waals surface area contributed by atoms with E-state index >= 15 is 0 Å². The maximum Gasteiger partial charge on any atom is 0.387 e. The number of carbonyl (C=O) groups excluding carboxylic acids is 1. The van der Waals surface area contributed by atoms with Gasteiger partial charge in [-0.2, -0.15) is 8.78 Å². The molecule has 1 aromatic rings. The van der Waals surface area contributed by atoms with Crippen molar-refractivity contribution >= 4 is 21.9 Å². The summed E-state index contributed by atoms with van der Waals surface area (Å²) in [6.07, 6.45) is 1.37. The lowest BCUT2D eigenvalue weighted by molar-refractivity contribution is -0.0504. The van der Waals surface area contributed by atoms with E-state index in [0.717, 1.165) is 11.8 Å². The third-order valence-electron chi connectivity index (χ3n) is 2.39. The molecule has 6 heteroatoms. The Bertz CT molecular complexity index is 424. The quantitative estimate of drug-likeness (QED) is 0.561. The summed E-state index contributed by atoms with van der Waals surface area (Å²) in [6, 6.07) is 4.65. The lowest BCUT2D eigenvalue weighted by atomic mass is 10.0. The van der Waals surface area contributed by atoms with Crippen LogP contribution in [-0.2, 0) is 11.2 Å². The lowest BCUT2D eigenvalue weighted by Gasteiger charge is -2.13. The number of benzene rings is 1. The standard InChI is InChI=1S/C13H15BrF2O3/c1-2-18-12(17)11-9(6-4-8-14)5-3-7-10(11)19-13(15)16/h3,5,7,13H,2,4,6,8H2,1H3. The van der Waals surface area contributed by atoms with Crippen LogP contribution >= 0.6 is 15.9 Å². The average Bonchev–Trinajstić information content (AvgIpc) is 2.35. The van der Waals surface area contributed by atoms with Crippen molar-refractivity contribution in [2.24, 2.45) is 0 Å². The predicted octanol–water partition coefficient (Wildman–Crippen LogP) is 3.79. The van der Waals surface area contributed by atoms with Gasteiger partial charge in [0, 0.05) is 5.33 Å². The Hall–Kier alpha value is -1.17. The summed E-state index contributed by atoms with van der Waals surface area (Å²) in [6.45, 7) is -1.13. The van der Waals surface area contributed by atoms with E-state index in [4.69, 9.17) is 4.74 Å². The minimum absolute atomic E-state index is 0.0885. The van der Waals surface area contributed by atoms with Crippen LogP contribution < -0.4 is 4.74 Å². The highest BCUT2D eigenvalue weighted by Gasteiger charge is 2.20. The van der Waals surface area contributed by atoms with Crippen molar-refractivity contribution in [1.82, 2.24) is 0 Å². The van der Waals surface area contributed by atoms with E-state index in [0.29, 0.717) is 12.0 Å². The lowest BCUT2D eigenvalue weighted by Crippen LogP contribution is -2.13. The van der Waals surface area contributed by atoms with E-state index in [-0.39, 0.29) is 17.9 Å². The number of hydrogen-bond acceptors (Lipinski definition) is 3. The molecule has 19 heavy (non-hydrogen) atoms. The van der Waals surface area contributed by atoms with Gasteiger partial charge in [-0.1, -0.05) is 28.1 Å². The molecule has 0 saturated carbocycles. The number of aryl methyl sites for hydroxylation is 1. The maximum absolute atomic E-state index is 12.4. The molecule has 0 atom stereocenters. The molecule has 0 bridgehead atoms. The first-order valence-electron chi connectivity index (χ1n) is 5.90. The van der Waals surface area contributed by atoms with Crippen LogP contribution in [0.5, 0.6) is 5.75 Å². The van der Waals surface area contributed by atoms with Gasteiger partial charge in [-0.25, -0.2) is 4.79 Å². The van der Waals surface area contributed by atoms with Crippen LogP contribution in [-0.4, -0.2) is 24.5 Å². The molecule has 0 saturated heterocycles. The van der Waals surface area contributed by atoms with Crippen molar-refractivity contribution < 1.29 is 23.0 Å². The van der Waals surface area contributed by atoms with Gasteiger partial charge < -0.3 is 9.47 Å². The summed E-state index contributed by atoms with van der Waals surface area (Å²) in [5.74, 6) is -0.774. The van der Waals surface area contributed by atoms with E-state index in [9.17, 15) is 13.6 Å². The number of hydrogen-bond donors (Lipinski definition) is 0. The second-order valence-corrected chi connectivity index (χ2v) is 4.47. The van der Waals surface area contributed by atoms with Gasteiger partial charge in [0.1, 0.15) is 11.3 Å². The molecule has 0 amide bonds. The van der Waals surface area contributed by atoms with Crippen molar-refractivity contribution in [3.05, 3.63) is 29.3 Å². The first-order valence-corrected chi connectivity index (χ1v) is 7.02.